The van der Waals surface area contributed by atoms with Gasteiger partial charge in [0.1, 0.15) is 0 Å². The molecule has 19 heavy (non-hydrogen) atoms. The summed E-state index contributed by atoms with van der Waals surface area (Å²) in [5.74, 6) is 1.35. The van der Waals surface area contributed by atoms with Crippen LogP contribution in [0, 0.1) is 11.8 Å². The number of hydrogen-bond donors (Lipinski definition) is 2. The van der Waals surface area contributed by atoms with Crippen LogP contribution in [-0.4, -0.2) is 18.1 Å². The fourth-order valence-corrected chi connectivity index (χ4v) is 3.33. The zero-order valence-corrected chi connectivity index (χ0v) is 13.4. The van der Waals surface area contributed by atoms with E-state index in [0.29, 0.717) is 30.0 Å². The molecule has 2 heteroatoms. The second-order valence-corrected chi connectivity index (χ2v) is 6.33. The van der Waals surface area contributed by atoms with Gasteiger partial charge in [-0.05, 0) is 57.3 Å². The summed E-state index contributed by atoms with van der Waals surface area (Å²) < 4.78 is 0. The van der Waals surface area contributed by atoms with Crippen molar-refractivity contribution in [2.75, 3.05) is 0 Å². The lowest BCUT2D eigenvalue weighted by atomic mass is 9.83. The minimum absolute atomic E-state index is 0.394. The zero-order valence-electron chi connectivity index (χ0n) is 13.4. The van der Waals surface area contributed by atoms with E-state index >= 15 is 0 Å². The Morgan fingerprint density at radius 1 is 1.21 bits per heavy atom. The molecule has 0 aromatic rings. The molecule has 5 atom stereocenters. The predicted octanol–water partition coefficient (Wildman–Crippen LogP) is 3.86. The Balaban J connectivity index is 2.72. The van der Waals surface area contributed by atoms with Gasteiger partial charge in [0.15, 0.2) is 0 Å². The minimum atomic E-state index is 0.394. The Kier molecular flexibility index (Phi) is 7.70. The number of allylic oxidation sites excluding steroid dienone is 2. The van der Waals surface area contributed by atoms with E-state index in [1.807, 2.05) is 0 Å². The fourth-order valence-electron chi connectivity index (χ4n) is 3.33. The maximum atomic E-state index is 6.25. The fraction of sp³-hybridized carbons (Fsp3) is 0.882. The summed E-state index contributed by atoms with van der Waals surface area (Å²) in [6, 6.07) is 1.63. The molecule has 5 unspecified atom stereocenters. The average molecular weight is 266 g/mol. The molecule has 0 amide bonds. The third-order valence-corrected chi connectivity index (χ3v) is 4.74. The van der Waals surface area contributed by atoms with Crippen molar-refractivity contribution < 1.29 is 0 Å². The summed E-state index contributed by atoms with van der Waals surface area (Å²) in [5.41, 5.74) is 6.25. The van der Waals surface area contributed by atoms with Gasteiger partial charge in [-0.3, -0.25) is 0 Å². The third-order valence-electron chi connectivity index (χ3n) is 4.74. The van der Waals surface area contributed by atoms with Crippen LogP contribution >= 0.6 is 0 Å². The van der Waals surface area contributed by atoms with E-state index in [9.17, 15) is 0 Å². The van der Waals surface area contributed by atoms with Crippen LogP contribution in [0.3, 0.4) is 0 Å². The summed E-state index contributed by atoms with van der Waals surface area (Å²) in [7, 11) is 0. The molecule has 0 saturated carbocycles. The van der Waals surface area contributed by atoms with Gasteiger partial charge >= 0.3 is 0 Å². The van der Waals surface area contributed by atoms with Gasteiger partial charge in [0.05, 0.1) is 0 Å². The first-order valence-corrected chi connectivity index (χ1v) is 8.26. The molecular formula is C17H34N2. The van der Waals surface area contributed by atoms with Gasteiger partial charge in [-0.2, -0.15) is 0 Å². The van der Waals surface area contributed by atoms with E-state index in [2.05, 4.69) is 45.2 Å². The van der Waals surface area contributed by atoms with Crippen LogP contribution in [-0.2, 0) is 0 Å². The highest BCUT2D eigenvalue weighted by molar-refractivity contribution is 4.93. The Morgan fingerprint density at radius 2 is 1.89 bits per heavy atom. The molecule has 0 aromatic carbocycles. The molecule has 0 aliphatic carbocycles. The van der Waals surface area contributed by atoms with Crippen molar-refractivity contribution in [3.8, 4) is 0 Å². The van der Waals surface area contributed by atoms with Crippen LogP contribution in [0.1, 0.15) is 66.2 Å². The lowest BCUT2D eigenvalue weighted by Crippen LogP contribution is -2.42. The Bertz CT molecular complexity index is 262. The Hall–Kier alpha value is -0.340. The standard InChI is InChI=1S/C17H34N2/c1-5-7-8-13(3)17-12-10-15(18)9-11-16(6-2)19-14(17)4/h7-8,13-17,19H,5-6,9-12,18H2,1-4H3/b8-7+. The molecule has 1 saturated heterocycles. The van der Waals surface area contributed by atoms with E-state index in [4.69, 9.17) is 5.73 Å². The molecule has 0 bridgehead atoms. The highest BCUT2D eigenvalue weighted by Gasteiger charge is 2.26. The molecule has 1 heterocycles. The SMILES string of the molecule is CC/C=C/C(C)C1CCC(N)CCC(CC)NC1C. The van der Waals surface area contributed by atoms with Gasteiger partial charge in [0.2, 0.25) is 0 Å². The molecule has 1 rings (SSSR count). The Labute approximate surface area is 120 Å². The van der Waals surface area contributed by atoms with E-state index in [0.717, 1.165) is 6.42 Å². The van der Waals surface area contributed by atoms with Crippen LogP contribution in [0.15, 0.2) is 12.2 Å². The first-order valence-electron chi connectivity index (χ1n) is 8.26. The van der Waals surface area contributed by atoms with Gasteiger partial charge in [-0.25, -0.2) is 0 Å². The first kappa shape index (κ1) is 16.7. The van der Waals surface area contributed by atoms with Crippen molar-refractivity contribution in [2.45, 2.75) is 84.3 Å². The van der Waals surface area contributed by atoms with Gasteiger partial charge in [0.25, 0.3) is 0 Å². The summed E-state index contributed by atoms with van der Waals surface area (Å²) in [4.78, 5) is 0. The summed E-state index contributed by atoms with van der Waals surface area (Å²) in [6.07, 6.45) is 11.9. The molecule has 1 aliphatic rings. The van der Waals surface area contributed by atoms with Crippen LogP contribution in [0.4, 0.5) is 0 Å². The molecule has 3 N–H and O–H groups in total. The molecule has 112 valence electrons. The normalized spacial score (nSPS) is 35.6. The van der Waals surface area contributed by atoms with E-state index < -0.39 is 0 Å². The van der Waals surface area contributed by atoms with Crippen LogP contribution in [0.2, 0.25) is 0 Å². The van der Waals surface area contributed by atoms with Crippen molar-refractivity contribution in [3.05, 3.63) is 12.2 Å². The van der Waals surface area contributed by atoms with Crippen molar-refractivity contribution in [1.29, 1.82) is 0 Å². The van der Waals surface area contributed by atoms with Crippen LogP contribution in [0.25, 0.3) is 0 Å². The largest absolute Gasteiger partial charge is 0.328 e. The van der Waals surface area contributed by atoms with E-state index in [1.54, 1.807) is 0 Å². The van der Waals surface area contributed by atoms with Gasteiger partial charge in [0, 0.05) is 18.1 Å². The second-order valence-electron chi connectivity index (χ2n) is 6.33. The maximum absolute atomic E-state index is 6.25. The lowest BCUT2D eigenvalue weighted by molar-refractivity contribution is 0.270. The molecule has 2 nitrogen and oxygen atoms in total. The predicted molar refractivity (Wildman–Crippen MR) is 85.2 cm³/mol. The van der Waals surface area contributed by atoms with Crippen molar-refractivity contribution in [1.82, 2.24) is 5.32 Å². The van der Waals surface area contributed by atoms with Gasteiger partial charge in [-0.1, -0.05) is 32.9 Å². The number of nitrogens with one attached hydrogen (secondary N) is 1. The summed E-state index contributed by atoms with van der Waals surface area (Å²) in [6.45, 7) is 9.21. The number of hydrogen-bond acceptors (Lipinski definition) is 2. The molecule has 0 radical (unpaired) electrons. The zero-order chi connectivity index (χ0) is 14.3. The summed E-state index contributed by atoms with van der Waals surface area (Å²) >= 11 is 0. The minimum Gasteiger partial charge on any atom is -0.328 e. The Morgan fingerprint density at radius 3 is 2.53 bits per heavy atom. The smallest absolute Gasteiger partial charge is 0.00751 e. The monoisotopic (exact) mass is 266 g/mol. The van der Waals surface area contributed by atoms with E-state index in [1.165, 1.54) is 32.1 Å². The van der Waals surface area contributed by atoms with Crippen molar-refractivity contribution in [3.63, 3.8) is 0 Å². The lowest BCUT2D eigenvalue weighted by Gasteiger charge is -2.31. The molecule has 0 aromatic heterocycles. The number of nitrogens with two attached hydrogens (primary N) is 1. The van der Waals surface area contributed by atoms with Gasteiger partial charge < -0.3 is 11.1 Å². The van der Waals surface area contributed by atoms with Crippen molar-refractivity contribution >= 4 is 0 Å². The highest BCUT2D eigenvalue weighted by Crippen LogP contribution is 2.26. The molecule has 1 fully saturated rings. The molecule has 1 aliphatic heterocycles. The topological polar surface area (TPSA) is 38.0 Å². The molecular weight excluding hydrogens is 232 g/mol. The maximum Gasteiger partial charge on any atom is 0.00751 e. The summed E-state index contributed by atoms with van der Waals surface area (Å²) in [5, 5.41) is 3.85. The van der Waals surface area contributed by atoms with Gasteiger partial charge in [-0.15, -0.1) is 0 Å². The highest BCUT2D eigenvalue weighted by atomic mass is 15.0. The average Bonchev–Trinajstić information content (AvgIpc) is 2.46. The van der Waals surface area contributed by atoms with Crippen LogP contribution in [0.5, 0.6) is 0 Å². The second kappa shape index (κ2) is 8.76. The quantitative estimate of drug-likeness (QED) is 0.758. The third kappa shape index (κ3) is 5.66. The van der Waals surface area contributed by atoms with Crippen molar-refractivity contribution in [2.24, 2.45) is 17.6 Å². The first-order chi connectivity index (χ1) is 9.08. The number of rotatable bonds is 4. The van der Waals surface area contributed by atoms with Crippen LogP contribution < -0.4 is 11.1 Å². The van der Waals surface area contributed by atoms with E-state index in [-0.39, 0.29) is 0 Å². The molecule has 0 spiro atoms.